The van der Waals surface area contributed by atoms with Crippen LogP contribution in [0.15, 0.2) is 59.4 Å². The molecule has 0 aliphatic heterocycles. The molecule has 33 heavy (non-hydrogen) atoms. The molecule has 0 bridgehead atoms. The van der Waals surface area contributed by atoms with Gasteiger partial charge in [-0.3, -0.25) is 19.1 Å². The first kappa shape index (κ1) is 24.3. The van der Waals surface area contributed by atoms with Crippen molar-refractivity contribution in [2.45, 2.75) is 25.5 Å². The molecule has 0 spiro atoms. The molecule has 0 saturated carbocycles. The summed E-state index contributed by atoms with van der Waals surface area (Å²) < 4.78 is 16.4. The van der Waals surface area contributed by atoms with Gasteiger partial charge in [0.2, 0.25) is 11.8 Å². The molecule has 0 aliphatic carbocycles. The lowest BCUT2D eigenvalue weighted by Gasteiger charge is -2.11. The van der Waals surface area contributed by atoms with E-state index in [9.17, 15) is 18.8 Å². The number of halogens is 1. The number of carbonyl (C=O) groups is 2. The van der Waals surface area contributed by atoms with Crippen molar-refractivity contribution in [3.63, 3.8) is 0 Å². The zero-order valence-electron chi connectivity index (χ0n) is 18.8. The summed E-state index contributed by atoms with van der Waals surface area (Å²) in [7, 11) is 1.76. The zero-order valence-corrected chi connectivity index (χ0v) is 19.6. The predicted molar refractivity (Wildman–Crippen MR) is 129 cm³/mol. The van der Waals surface area contributed by atoms with Crippen LogP contribution < -0.4 is 16.2 Å². The van der Waals surface area contributed by atoms with Crippen LogP contribution in [0.2, 0.25) is 0 Å². The Balaban J connectivity index is 1.52. The van der Waals surface area contributed by atoms with Crippen molar-refractivity contribution in [2.75, 3.05) is 17.6 Å². The van der Waals surface area contributed by atoms with Crippen molar-refractivity contribution < 1.29 is 14.0 Å². The van der Waals surface area contributed by atoms with E-state index in [0.717, 1.165) is 5.56 Å². The summed E-state index contributed by atoms with van der Waals surface area (Å²) in [5.74, 6) is -0.768. The number of rotatable bonds is 9. The number of aromatic nitrogens is 2. The molecule has 1 heterocycles. The molecule has 1 unspecified atom stereocenters. The average Bonchev–Trinajstić information content (AvgIpc) is 3.01. The van der Waals surface area contributed by atoms with E-state index in [-0.39, 0.29) is 34.6 Å². The molecule has 174 valence electrons. The molecule has 2 aromatic carbocycles. The van der Waals surface area contributed by atoms with E-state index in [0.29, 0.717) is 24.3 Å². The molecule has 0 fully saturated rings. The average molecular weight is 471 g/mol. The highest BCUT2D eigenvalue weighted by Gasteiger charge is 2.21. The number of anilines is 1. The highest BCUT2D eigenvalue weighted by Crippen LogP contribution is 2.17. The van der Waals surface area contributed by atoms with Crippen molar-refractivity contribution in [1.29, 1.82) is 0 Å². The summed E-state index contributed by atoms with van der Waals surface area (Å²) in [5.41, 5.74) is 2.03. The third-order valence-corrected chi connectivity index (χ3v) is 6.40. The van der Waals surface area contributed by atoms with Crippen molar-refractivity contribution in [2.24, 2.45) is 7.05 Å². The number of nitrogens with zero attached hydrogens (tertiary/aromatic N) is 2. The lowest BCUT2D eigenvalue weighted by Crippen LogP contribution is -2.31. The summed E-state index contributed by atoms with van der Waals surface area (Å²) >= 11 is 1.18. The Morgan fingerprint density at radius 2 is 1.85 bits per heavy atom. The monoisotopic (exact) mass is 470 g/mol. The Bertz CT molecular complexity index is 1190. The van der Waals surface area contributed by atoms with Crippen LogP contribution >= 0.6 is 11.8 Å². The Morgan fingerprint density at radius 1 is 1.12 bits per heavy atom. The molecule has 0 aliphatic rings. The minimum Gasteiger partial charge on any atom is -0.355 e. The molecule has 7 nitrogen and oxygen atoms in total. The van der Waals surface area contributed by atoms with Crippen molar-refractivity contribution in [1.82, 2.24) is 14.7 Å². The maximum atomic E-state index is 13.2. The molecule has 2 N–H and O–H groups in total. The number of para-hydroxylation sites is 1. The number of carbonyl (C=O) groups excluding carboxylic acids is 2. The molecule has 3 aromatic rings. The fourth-order valence-corrected chi connectivity index (χ4v) is 4.02. The van der Waals surface area contributed by atoms with Gasteiger partial charge in [-0.25, -0.2) is 9.07 Å². The minimum absolute atomic E-state index is 0.0970. The summed E-state index contributed by atoms with van der Waals surface area (Å²) in [6.07, 6.45) is 0.519. The molecule has 1 atom stereocenters. The maximum absolute atomic E-state index is 13.2. The molecular formula is C24H27FN4O3S. The lowest BCUT2D eigenvalue weighted by molar-refractivity contribution is -0.118. The van der Waals surface area contributed by atoms with Crippen LogP contribution in [-0.2, 0) is 23.1 Å². The second-order valence-electron chi connectivity index (χ2n) is 7.61. The van der Waals surface area contributed by atoms with Gasteiger partial charge in [0, 0.05) is 13.6 Å². The van der Waals surface area contributed by atoms with Gasteiger partial charge in [0.05, 0.1) is 22.4 Å². The van der Waals surface area contributed by atoms with Gasteiger partial charge in [0.25, 0.3) is 5.56 Å². The van der Waals surface area contributed by atoms with E-state index in [1.807, 2.05) is 30.3 Å². The van der Waals surface area contributed by atoms with Gasteiger partial charge in [-0.05, 0) is 50.1 Å². The first-order valence-corrected chi connectivity index (χ1v) is 11.6. The van der Waals surface area contributed by atoms with E-state index >= 15 is 0 Å². The van der Waals surface area contributed by atoms with E-state index < -0.39 is 5.25 Å². The normalized spacial score (nSPS) is 11.8. The second kappa shape index (κ2) is 11.0. The van der Waals surface area contributed by atoms with Crippen LogP contribution in [0.1, 0.15) is 18.2 Å². The third kappa shape index (κ3) is 6.13. The fraction of sp³-hybridized carbons (Fsp3) is 0.292. The Hall–Kier alpha value is -3.33. The van der Waals surface area contributed by atoms with E-state index in [1.54, 1.807) is 37.7 Å². The van der Waals surface area contributed by atoms with E-state index in [1.165, 1.54) is 28.6 Å². The number of amides is 2. The second-order valence-corrected chi connectivity index (χ2v) is 8.94. The smallest absolute Gasteiger partial charge is 0.295 e. The topological polar surface area (TPSA) is 85.1 Å². The first-order chi connectivity index (χ1) is 15.8. The van der Waals surface area contributed by atoms with Gasteiger partial charge in [-0.2, -0.15) is 0 Å². The van der Waals surface area contributed by atoms with Crippen LogP contribution in [0, 0.1) is 12.7 Å². The number of hydrogen-bond acceptors (Lipinski definition) is 4. The van der Waals surface area contributed by atoms with Gasteiger partial charge < -0.3 is 10.6 Å². The van der Waals surface area contributed by atoms with Gasteiger partial charge in [0.15, 0.2) is 0 Å². The Labute approximate surface area is 196 Å². The SMILES string of the molecule is Cc1c(NC(=O)C(C)SCC(=O)NCCc2cccc(F)c2)c(=O)n(-c2ccccc2)n1C. The Kier molecular flexibility index (Phi) is 8.11. The quantitative estimate of drug-likeness (QED) is 0.504. The summed E-state index contributed by atoms with van der Waals surface area (Å²) in [6.45, 7) is 3.83. The largest absolute Gasteiger partial charge is 0.355 e. The Morgan fingerprint density at radius 3 is 2.55 bits per heavy atom. The number of hydrogen-bond donors (Lipinski definition) is 2. The minimum atomic E-state index is -0.539. The molecule has 2 amide bonds. The highest BCUT2D eigenvalue weighted by atomic mass is 32.2. The number of thioether (sulfide) groups is 1. The van der Waals surface area contributed by atoms with E-state index in [4.69, 9.17) is 0 Å². The van der Waals surface area contributed by atoms with Crippen LogP contribution in [0.4, 0.5) is 10.1 Å². The number of benzene rings is 2. The van der Waals surface area contributed by atoms with Crippen molar-refractivity contribution in [3.05, 3.63) is 82.0 Å². The van der Waals surface area contributed by atoms with Gasteiger partial charge in [-0.15, -0.1) is 11.8 Å². The van der Waals surface area contributed by atoms with Gasteiger partial charge >= 0.3 is 0 Å². The lowest BCUT2D eigenvalue weighted by atomic mass is 10.1. The molecule has 0 radical (unpaired) electrons. The van der Waals surface area contributed by atoms with Crippen molar-refractivity contribution >= 4 is 29.3 Å². The molecule has 1 aromatic heterocycles. The third-order valence-electron chi connectivity index (χ3n) is 5.26. The van der Waals surface area contributed by atoms with Crippen LogP contribution in [0.5, 0.6) is 0 Å². The summed E-state index contributed by atoms with van der Waals surface area (Å²) in [4.78, 5) is 37.7. The zero-order chi connectivity index (χ0) is 24.0. The first-order valence-electron chi connectivity index (χ1n) is 10.6. The molecule has 9 heteroatoms. The predicted octanol–water partition coefficient (Wildman–Crippen LogP) is 3.04. The number of nitrogens with one attached hydrogen (secondary N) is 2. The highest BCUT2D eigenvalue weighted by molar-refractivity contribution is 8.01. The van der Waals surface area contributed by atoms with Crippen LogP contribution in [-0.4, -0.2) is 38.7 Å². The van der Waals surface area contributed by atoms with Gasteiger partial charge in [-0.1, -0.05) is 30.3 Å². The molecule has 3 rings (SSSR count). The van der Waals surface area contributed by atoms with Gasteiger partial charge in [0.1, 0.15) is 11.5 Å². The standard InChI is InChI=1S/C24H27FN4O3S/c1-16-22(24(32)29(28(16)3)20-10-5-4-6-11-20)27-23(31)17(2)33-15-21(30)26-13-12-18-8-7-9-19(25)14-18/h4-11,14,17H,12-13,15H2,1-3H3,(H,26,30)(H,27,31). The van der Waals surface area contributed by atoms with E-state index in [2.05, 4.69) is 10.6 Å². The molecular weight excluding hydrogens is 443 g/mol. The van der Waals surface area contributed by atoms with Crippen molar-refractivity contribution in [3.8, 4) is 5.69 Å². The molecule has 0 saturated heterocycles. The summed E-state index contributed by atoms with van der Waals surface area (Å²) in [5, 5.41) is 4.95. The summed E-state index contributed by atoms with van der Waals surface area (Å²) in [6, 6.07) is 15.4. The van der Waals surface area contributed by atoms with Crippen LogP contribution in [0.3, 0.4) is 0 Å². The fourth-order valence-electron chi connectivity index (χ4n) is 3.30. The van der Waals surface area contributed by atoms with Crippen LogP contribution in [0.25, 0.3) is 5.69 Å². The maximum Gasteiger partial charge on any atom is 0.295 e.